The summed E-state index contributed by atoms with van der Waals surface area (Å²) in [7, 11) is -3.56. The van der Waals surface area contributed by atoms with Crippen LogP contribution in [0.5, 0.6) is 0 Å². The standard InChI is InChI=1S/C20H28N4O4S2/c1-14-8-9-15(30(26,27)24-10-6-5-7-11-24)12-16(14)21-17(25)13-29-19-23-22-18(28-19)20(2,3)4/h8-9,12H,5-7,10-11,13H2,1-4H3,(H,21,25). The number of hydrogen-bond donors (Lipinski definition) is 1. The number of carbonyl (C=O) groups is 1. The van der Waals surface area contributed by atoms with Crippen molar-refractivity contribution in [3.63, 3.8) is 0 Å². The van der Waals surface area contributed by atoms with Crippen LogP contribution < -0.4 is 5.32 Å². The number of rotatable bonds is 6. The Labute approximate surface area is 181 Å². The summed E-state index contributed by atoms with van der Waals surface area (Å²) in [5.41, 5.74) is 1.02. The maximum atomic E-state index is 12.9. The predicted molar refractivity (Wildman–Crippen MR) is 116 cm³/mol. The number of thioether (sulfide) groups is 1. The van der Waals surface area contributed by atoms with Gasteiger partial charge in [0.15, 0.2) is 0 Å². The van der Waals surface area contributed by atoms with Crippen molar-refractivity contribution in [3.8, 4) is 0 Å². The highest BCUT2D eigenvalue weighted by Gasteiger charge is 2.26. The SMILES string of the molecule is Cc1ccc(S(=O)(=O)N2CCCCC2)cc1NC(=O)CSc1nnc(C(C)(C)C)o1. The van der Waals surface area contributed by atoms with Gasteiger partial charge >= 0.3 is 0 Å². The van der Waals surface area contributed by atoms with Crippen LogP contribution >= 0.6 is 11.8 Å². The van der Waals surface area contributed by atoms with Crippen molar-refractivity contribution in [3.05, 3.63) is 29.7 Å². The molecule has 0 spiro atoms. The maximum Gasteiger partial charge on any atom is 0.277 e. The first-order valence-corrected chi connectivity index (χ1v) is 12.4. The number of aromatic nitrogens is 2. The zero-order chi connectivity index (χ0) is 21.9. The number of aryl methyl sites for hydroxylation is 1. The molecular formula is C20H28N4O4S2. The van der Waals surface area contributed by atoms with E-state index in [0.29, 0.717) is 29.9 Å². The van der Waals surface area contributed by atoms with Crippen LogP contribution in [0.1, 0.15) is 51.5 Å². The van der Waals surface area contributed by atoms with E-state index in [1.807, 2.05) is 27.7 Å². The number of carbonyl (C=O) groups excluding carboxylic acids is 1. The molecule has 1 aromatic heterocycles. The number of sulfonamides is 1. The van der Waals surface area contributed by atoms with Gasteiger partial charge in [-0.3, -0.25) is 4.79 Å². The Bertz CT molecular complexity index is 1010. The summed E-state index contributed by atoms with van der Waals surface area (Å²) in [6.07, 6.45) is 2.80. The lowest BCUT2D eigenvalue weighted by Gasteiger charge is -2.26. The number of amides is 1. The molecule has 1 amide bonds. The molecule has 2 aromatic rings. The van der Waals surface area contributed by atoms with Crippen molar-refractivity contribution in [1.29, 1.82) is 0 Å². The van der Waals surface area contributed by atoms with Crippen LogP contribution in [0.3, 0.4) is 0 Å². The van der Waals surface area contributed by atoms with Crippen molar-refractivity contribution in [1.82, 2.24) is 14.5 Å². The fourth-order valence-electron chi connectivity index (χ4n) is 3.04. The lowest BCUT2D eigenvalue weighted by molar-refractivity contribution is -0.113. The Hall–Kier alpha value is -1.91. The maximum absolute atomic E-state index is 12.9. The predicted octanol–water partition coefficient (Wildman–Crippen LogP) is 3.58. The van der Waals surface area contributed by atoms with Gasteiger partial charge in [0.2, 0.25) is 21.8 Å². The van der Waals surface area contributed by atoms with E-state index in [4.69, 9.17) is 4.42 Å². The Morgan fingerprint density at radius 2 is 1.90 bits per heavy atom. The van der Waals surface area contributed by atoms with Crippen molar-refractivity contribution in [2.24, 2.45) is 0 Å². The van der Waals surface area contributed by atoms with E-state index in [1.54, 1.807) is 12.1 Å². The van der Waals surface area contributed by atoms with Crippen molar-refractivity contribution < 1.29 is 17.6 Å². The number of benzene rings is 1. The average Bonchev–Trinajstić information content (AvgIpc) is 3.18. The van der Waals surface area contributed by atoms with E-state index in [0.717, 1.165) is 36.6 Å². The summed E-state index contributed by atoms with van der Waals surface area (Å²) >= 11 is 1.14. The third-order valence-electron chi connectivity index (χ3n) is 4.81. The summed E-state index contributed by atoms with van der Waals surface area (Å²) in [5, 5.41) is 11.1. The molecule has 0 aliphatic carbocycles. The monoisotopic (exact) mass is 452 g/mol. The lowest BCUT2D eigenvalue weighted by atomic mass is 9.97. The van der Waals surface area contributed by atoms with Gasteiger partial charge in [-0.15, -0.1) is 10.2 Å². The van der Waals surface area contributed by atoms with Crippen LogP contribution in [0.25, 0.3) is 0 Å². The second-order valence-corrected chi connectivity index (χ2v) is 11.3. The Morgan fingerprint density at radius 1 is 1.20 bits per heavy atom. The Kier molecular flexibility index (Phi) is 6.88. The number of anilines is 1. The minimum Gasteiger partial charge on any atom is -0.415 e. The van der Waals surface area contributed by atoms with Gasteiger partial charge in [-0.05, 0) is 37.5 Å². The van der Waals surface area contributed by atoms with E-state index in [1.165, 1.54) is 10.4 Å². The number of hydrogen-bond acceptors (Lipinski definition) is 7. The van der Waals surface area contributed by atoms with Crippen LogP contribution in [-0.4, -0.2) is 47.7 Å². The first-order chi connectivity index (χ1) is 14.1. The summed E-state index contributed by atoms with van der Waals surface area (Å²) in [4.78, 5) is 12.6. The minimum atomic E-state index is -3.56. The van der Waals surface area contributed by atoms with Gasteiger partial charge in [-0.25, -0.2) is 8.42 Å². The third-order valence-corrected chi connectivity index (χ3v) is 7.52. The molecule has 0 unspecified atom stereocenters. The smallest absolute Gasteiger partial charge is 0.277 e. The molecular weight excluding hydrogens is 424 g/mol. The quantitative estimate of drug-likeness (QED) is 0.668. The molecule has 0 saturated carbocycles. The molecule has 10 heteroatoms. The zero-order valence-corrected chi connectivity index (χ0v) is 19.4. The van der Waals surface area contributed by atoms with Gasteiger partial charge in [0.05, 0.1) is 10.6 Å². The number of nitrogens with zero attached hydrogens (tertiary/aromatic N) is 3. The van der Waals surface area contributed by atoms with Crippen molar-refractivity contribution in [2.45, 2.75) is 62.5 Å². The van der Waals surface area contributed by atoms with E-state index in [2.05, 4.69) is 15.5 Å². The second kappa shape index (κ2) is 9.07. The molecule has 0 atom stereocenters. The summed E-state index contributed by atoms with van der Waals surface area (Å²) in [5.74, 6) is 0.317. The highest BCUT2D eigenvalue weighted by Crippen LogP contribution is 2.27. The van der Waals surface area contributed by atoms with Crippen molar-refractivity contribution in [2.75, 3.05) is 24.2 Å². The van der Waals surface area contributed by atoms with Crippen LogP contribution in [-0.2, 0) is 20.2 Å². The fourth-order valence-corrected chi connectivity index (χ4v) is 5.14. The average molecular weight is 453 g/mol. The number of nitrogens with one attached hydrogen (secondary N) is 1. The molecule has 1 aliphatic heterocycles. The lowest BCUT2D eigenvalue weighted by Crippen LogP contribution is -2.35. The van der Waals surface area contributed by atoms with Gasteiger partial charge < -0.3 is 9.73 Å². The molecule has 2 heterocycles. The highest BCUT2D eigenvalue weighted by atomic mass is 32.2. The topological polar surface area (TPSA) is 105 Å². The fraction of sp³-hybridized carbons (Fsp3) is 0.550. The zero-order valence-electron chi connectivity index (χ0n) is 17.8. The first kappa shape index (κ1) is 22.8. The minimum absolute atomic E-state index is 0.0777. The first-order valence-electron chi connectivity index (χ1n) is 9.95. The van der Waals surface area contributed by atoms with E-state index in [9.17, 15) is 13.2 Å². The molecule has 30 heavy (non-hydrogen) atoms. The molecule has 0 bridgehead atoms. The Morgan fingerprint density at radius 3 is 2.53 bits per heavy atom. The van der Waals surface area contributed by atoms with Crippen LogP contribution in [0.15, 0.2) is 32.7 Å². The largest absolute Gasteiger partial charge is 0.415 e. The Balaban J connectivity index is 1.66. The van der Waals surface area contributed by atoms with E-state index >= 15 is 0 Å². The second-order valence-electron chi connectivity index (χ2n) is 8.40. The van der Waals surface area contributed by atoms with Gasteiger partial charge in [-0.1, -0.05) is 45.0 Å². The van der Waals surface area contributed by atoms with Gasteiger partial charge in [-0.2, -0.15) is 4.31 Å². The molecule has 1 saturated heterocycles. The molecule has 1 fully saturated rings. The molecule has 8 nitrogen and oxygen atoms in total. The number of piperidine rings is 1. The summed E-state index contributed by atoms with van der Waals surface area (Å²) in [6.45, 7) is 8.80. The van der Waals surface area contributed by atoms with Crippen LogP contribution in [0.4, 0.5) is 5.69 Å². The van der Waals surface area contributed by atoms with Crippen molar-refractivity contribution >= 4 is 33.4 Å². The van der Waals surface area contributed by atoms with Gasteiger partial charge in [0, 0.05) is 24.2 Å². The molecule has 1 aliphatic rings. The third kappa shape index (κ3) is 5.41. The van der Waals surface area contributed by atoms with Gasteiger partial charge in [0.1, 0.15) is 0 Å². The van der Waals surface area contributed by atoms with Crippen LogP contribution in [0, 0.1) is 6.92 Å². The normalized spacial score (nSPS) is 15.9. The van der Waals surface area contributed by atoms with E-state index < -0.39 is 10.0 Å². The summed E-state index contributed by atoms with van der Waals surface area (Å²) < 4.78 is 32.9. The van der Waals surface area contributed by atoms with Crippen LogP contribution in [0.2, 0.25) is 0 Å². The summed E-state index contributed by atoms with van der Waals surface area (Å²) in [6, 6.07) is 4.84. The molecule has 1 N–H and O–H groups in total. The molecule has 0 radical (unpaired) electrons. The van der Waals surface area contributed by atoms with E-state index in [-0.39, 0.29) is 22.0 Å². The molecule has 3 rings (SSSR count). The molecule has 1 aromatic carbocycles. The molecule has 164 valence electrons. The highest BCUT2D eigenvalue weighted by molar-refractivity contribution is 7.99. The van der Waals surface area contributed by atoms with Gasteiger partial charge in [0.25, 0.3) is 5.22 Å².